The zero-order valence-corrected chi connectivity index (χ0v) is 18.3. The highest BCUT2D eigenvalue weighted by atomic mass is 35.5. The van der Waals surface area contributed by atoms with Crippen LogP contribution in [-0.4, -0.2) is 66.3 Å². The lowest BCUT2D eigenvalue weighted by molar-refractivity contribution is -0.133. The maximum atomic E-state index is 12.6. The van der Waals surface area contributed by atoms with Crippen molar-refractivity contribution < 1.29 is 14.4 Å². The normalized spacial score (nSPS) is 15.2. The number of carbonyl (C=O) groups excluding carboxylic acids is 3. The van der Waals surface area contributed by atoms with Crippen LogP contribution in [0.3, 0.4) is 0 Å². The van der Waals surface area contributed by atoms with E-state index in [0.29, 0.717) is 42.5 Å². The largest absolute Gasteiger partial charge is 0.349 e. The van der Waals surface area contributed by atoms with Crippen LogP contribution in [-0.2, 0) is 9.59 Å². The Balaban J connectivity index is 1.39. The molecule has 31 heavy (non-hydrogen) atoms. The van der Waals surface area contributed by atoms with Gasteiger partial charge in [-0.15, -0.1) is 0 Å². The summed E-state index contributed by atoms with van der Waals surface area (Å²) in [6, 6.07) is 15.8. The second-order valence-electron chi connectivity index (χ2n) is 7.63. The SMILES string of the molecule is C[C@H](CC(=O)N1CCN(CC(=O)Nc2ccccc2Cl)CC1)NC(=O)c1ccccc1. The molecule has 0 radical (unpaired) electrons. The molecule has 0 spiro atoms. The van der Waals surface area contributed by atoms with Crippen molar-refractivity contribution in [2.45, 2.75) is 19.4 Å². The maximum Gasteiger partial charge on any atom is 0.251 e. The standard InChI is InChI=1S/C23H27ClN4O3/c1-17(25-23(31)18-7-3-2-4-8-18)15-22(30)28-13-11-27(12-14-28)16-21(29)26-20-10-6-5-9-19(20)24/h2-10,17H,11-16H2,1H3,(H,25,31)(H,26,29)/t17-/m1/s1. The molecule has 3 rings (SSSR count). The Morgan fingerprint density at radius 3 is 2.29 bits per heavy atom. The molecular formula is C23H27ClN4O3. The number of benzene rings is 2. The zero-order valence-electron chi connectivity index (χ0n) is 17.5. The minimum absolute atomic E-state index is 0.000954. The van der Waals surface area contributed by atoms with Gasteiger partial charge in [-0.3, -0.25) is 19.3 Å². The number of amides is 3. The van der Waals surface area contributed by atoms with Gasteiger partial charge in [0.1, 0.15) is 0 Å². The molecule has 2 aromatic carbocycles. The van der Waals surface area contributed by atoms with Gasteiger partial charge in [0.05, 0.1) is 17.3 Å². The third-order valence-corrected chi connectivity index (χ3v) is 5.46. The molecule has 164 valence electrons. The Labute approximate surface area is 187 Å². The molecule has 8 heteroatoms. The molecule has 2 aromatic rings. The van der Waals surface area contributed by atoms with E-state index in [4.69, 9.17) is 11.6 Å². The quantitative estimate of drug-likeness (QED) is 0.690. The van der Waals surface area contributed by atoms with E-state index >= 15 is 0 Å². The first-order chi connectivity index (χ1) is 14.9. The van der Waals surface area contributed by atoms with E-state index < -0.39 is 0 Å². The van der Waals surface area contributed by atoms with Crippen LogP contribution in [0, 0.1) is 0 Å². The molecule has 1 saturated heterocycles. The third-order valence-electron chi connectivity index (χ3n) is 5.13. The van der Waals surface area contributed by atoms with E-state index in [9.17, 15) is 14.4 Å². The topological polar surface area (TPSA) is 81.8 Å². The number of para-hydroxylation sites is 1. The lowest BCUT2D eigenvalue weighted by Crippen LogP contribution is -2.51. The van der Waals surface area contributed by atoms with Gasteiger partial charge in [0.2, 0.25) is 11.8 Å². The number of piperazine rings is 1. The van der Waals surface area contributed by atoms with E-state index in [1.165, 1.54) is 0 Å². The summed E-state index contributed by atoms with van der Waals surface area (Å²) in [5.41, 5.74) is 1.17. The number of anilines is 1. The molecule has 1 heterocycles. The average Bonchev–Trinajstić information content (AvgIpc) is 2.76. The van der Waals surface area contributed by atoms with Crippen molar-refractivity contribution in [2.75, 3.05) is 38.0 Å². The third kappa shape index (κ3) is 6.80. The van der Waals surface area contributed by atoms with E-state index in [1.54, 1.807) is 41.3 Å². The Bertz CT molecular complexity index is 914. The number of carbonyl (C=O) groups is 3. The van der Waals surface area contributed by atoms with Crippen LogP contribution in [0.1, 0.15) is 23.7 Å². The maximum absolute atomic E-state index is 12.6. The highest BCUT2D eigenvalue weighted by Gasteiger charge is 2.24. The van der Waals surface area contributed by atoms with Crippen molar-refractivity contribution in [3.63, 3.8) is 0 Å². The van der Waals surface area contributed by atoms with Gasteiger partial charge in [-0.05, 0) is 31.2 Å². The van der Waals surface area contributed by atoms with Gasteiger partial charge in [-0.2, -0.15) is 0 Å². The summed E-state index contributed by atoms with van der Waals surface area (Å²) >= 11 is 6.07. The highest BCUT2D eigenvalue weighted by molar-refractivity contribution is 6.33. The summed E-state index contributed by atoms with van der Waals surface area (Å²) in [7, 11) is 0. The smallest absolute Gasteiger partial charge is 0.251 e. The predicted molar refractivity (Wildman–Crippen MR) is 121 cm³/mol. The molecule has 0 aromatic heterocycles. The first-order valence-electron chi connectivity index (χ1n) is 10.3. The number of rotatable bonds is 7. The average molecular weight is 443 g/mol. The first kappa shape index (κ1) is 22.8. The molecule has 1 aliphatic rings. The van der Waals surface area contributed by atoms with Crippen LogP contribution in [0.15, 0.2) is 54.6 Å². The molecule has 1 fully saturated rings. The van der Waals surface area contributed by atoms with Crippen LogP contribution < -0.4 is 10.6 Å². The van der Waals surface area contributed by atoms with Crippen LogP contribution in [0.2, 0.25) is 5.02 Å². The van der Waals surface area contributed by atoms with Crippen LogP contribution in [0.5, 0.6) is 0 Å². The molecule has 0 aliphatic carbocycles. The van der Waals surface area contributed by atoms with Crippen molar-refractivity contribution in [1.82, 2.24) is 15.1 Å². The van der Waals surface area contributed by atoms with E-state index in [1.807, 2.05) is 30.0 Å². The fourth-order valence-electron chi connectivity index (χ4n) is 3.45. The highest BCUT2D eigenvalue weighted by Crippen LogP contribution is 2.20. The lowest BCUT2D eigenvalue weighted by atomic mass is 10.1. The van der Waals surface area contributed by atoms with Gasteiger partial charge >= 0.3 is 0 Å². The summed E-state index contributed by atoms with van der Waals surface area (Å²) in [6.07, 6.45) is 0.242. The Morgan fingerprint density at radius 2 is 1.61 bits per heavy atom. The number of halogens is 1. The molecule has 3 amide bonds. The Morgan fingerprint density at radius 1 is 0.968 bits per heavy atom. The molecule has 0 saturated carbocycles. The van der Waals surface area contributed by atoms with Gasteiger partial charge in [0, 0.05) is 44.2 Å². The van der Waals surface area contributed by atoms with Gasteiger partial charge in [-0.1, -0.05) is 41.9 Å². The molecule has 7 nitrogen and oxygen atoms in total. The fraction of sp³-hybridized carbons (Fsp3) is 0.348. The minimum Gasteiger partial charge on any atom is -0.349 e. The van der Waals surface area contributed by atoms with Crippen molar-refractivity contribution >= 4 is 35.0 Å². The Kier molecular flexibility index (Phi) is 8.03. The number of hydrogen-bond acceptors (Lipinski definition) is 4. The summed E-state index contributed by atoms with van der Waals surface area (Å²) in [6.45, 7) is 4.42. The van der Waals surface area contributed by atoms with Crippen LogP contribution in [0.4, 0.5) is 5.69 Å². The van der Waals surface area contributed by atoms with Gasteiger partial charge in [0.25, 0.3) is 5.91 Å². The van der Waals surface area contributed by atoms with Crippen molar-refractivity contribution in [3.05, 3.63) is 65.2 Å². The summed E-state index contributed by atoms with van der Waals surface area (Å²) < 4.78 is 0. The predicted octanol–water partition coefficient (Wildman–Crippen LogP) is 2.63. The van der Waals surface area contributed by atoms with Gasteiger partial charge in [-0.25, -0.2) is 0 Å². The second-order valence-corrected chi connectivity index (χ2v) is 8.04. The summed E-state index contributed by atoms with van der Waals surface area (Å²) in [5.74, 6) is -0.318. The van der Waals surface area contributed by atoms with Crippen molar-refractivity contribution in [2.24, 2.45) is 0 Å². The van der Waals surface area contributed by atoms with E-state index in [-0.39, 0.29) is 36.7 Å². The number of hydrogen-bond donors (Lipinski definition) is 2. The zero-order chi connectivity index (χ0) is 22.2. The lowest BCUT2D eigenvalue weighted by Gasteiger charge is -2.34. The first-order valence-corrected chi connectivity index (χ1v) is 10.7. The Hall–Kier alpha value is -2.90. The van der Waals surface area contributed by atoms with Crippen LogP contribution >= 0.6 is 11.6 Å². The van der Waals surface area contributed by atoms with Crippen LogP contribution in [0.25, 0.3) is 0 Å². The molecule has 0 unspecified atom stereocenters. The second kappa shape index (κ2) is 10.9. The number of nitrogens with zero attached hydrogens (tertiary/aromatic N) is 2. The molecule has 1 atom stereocenters. The van der Waals surface area contributed by atoms with Crippen molar-refractivity contribution in [1.29, 1.82) is 0 Å². The molecule has 2 N–H and O–H groups in total. The fourth-order valence-corrected chi connectivity index (χ4v) is 3.63. The monoisotopic (exact) mass is 442 g/mol. The summed E-state index contributed by atoms with van der Waals surface area (Å²) in [4.78, 5) is 40.9. The van der Waals surface area contributed by atoms with Crippen molar-refractivity contribution in [3.8, 4) is 0 Å². The van der Waals surface area contributed by atoms with E-state index in [2.05, 4.69) is 10.6 Å². The molecular weight excluding hydrogens is 416 g/mol. The minimum atomic E-state index is -0.264. The number of nitrogens with one attached hydrogen (secondary N) is 2. The molecule has 0 bridgehead atoms. The van der Waals surface area contributed by atoms with E-state index in [0.717, 1.165) is 0 Å². The van der Waals surface area contributed by atoms with Gasteiger partial charge < -0.3 is 15.5 Å². The van der Waals surface area contributed by atoms with Gasteiger partial charge in [0.15, 0.2) is 0 Å². The molecule has 1 aliphatic heterocycles. The summed E-state index contributed by atoms with van der Waals surface area (Å²) in [5, 5.41) is 6.18.